The van der Waals surface area contributed by atoms with E-state index in [0.29, 0.717) is 13.0 Å². The van der Waals surface area contributed by atoms with Crippen LogP contribution in [0.25, 0.3) is 0 Å². The highest BCUT2D eigenvalue weighted by Gasteiger charge is 2.46. The zero-order valence-corrected chi connectivity index (χ0v) is 12.1. The lowest BCUT2D eigenvalue weighted by Crippen LogP contribution is -2.56. The summed E-state index contributed by atoms with van der Waals surface area (Å²) in [5, 5.41) is 0. The predicted octanol–water partition coefficient (Wildman–Crippen LogP) is 2.20. The minimum atomic E-state index is -0.477. The third-order valence-corrected chi connectivity index (χ3v) is 3.97. The summed E-state index contributed by atoms with van der Waals surface area (Å²) in [5.41, 5.74) is -0.477. The van der Waals surface area contributed by atoms with Crippen molar-refractivity contribution in [3.8, 4) is 0 Å². The molecular formula is C14H23NO4. The van der Waals surface area contributed by atoms with Crippen LogP contribution in [0.1, 0.15) is 40.0 Å². The van der Waals surface area contributed by atoms with Crippen LogP contribution in [0.15, 0.2) is 0 Å². The molecule has 0 N–H and O–H groups in total. The number of hydrogen-bond acceptors (Lipinski definition) is 4. The minimum absolute atomic E-state index is 0.0533. The molecule has 1 amide bonds. The highest BCUT2D eigenvalue weighted by atomic mass is 16.6. The van der Waals surface area contributed by atoms with Crippen LogP contribution in [0.2, 0.25) is 0 Å². The van der Waals surface area contributed by atoms with Crippen molar-refractivity contribution >= 4 is 12.1 Å². The molecule has 0 spiro atoms. The van der Waals surface area contributed by atoms with Crippen LogP contribution in [0.4, 0.5) is 4.79 Å². The molecule has 1 unspecified atom stereocenters. The number of hydrogen-bond donors (Lipinski definition) is 0. The molecule has 19 heavy (non-hydrogen) atoms. The second kappa shape index (κ2) is 5.02. The lowest BCUT2D eigenvalue weighted by molar-refractivity contribution is -0.153. The van der Waals surface area contributed by atoms with E-state index in [2.05, 4.69) is 0 Å². The summed E-state index contributed by atoms with van der Waals surface area (Å²) < 4.78 is 10.3. The van der Waals surface area contributed by atoms with E-state index in [1.54, 1.807) is 4.90 Å². The molecule has 5 heteroatoms. The molecule has 3 aliphatic rings. The average molecular weight is 269 g/mol. The van der Waals surface area contributed by atoms with E-state index in [-0.39, 0.29) is 29.9 Å². The Balaban J connectivity index is 2.02. The molecule has 2 aliphatic heterocycles. The monoisotopic (exact) mass is 269 g/mol. The number of methoxy groups -OCH3 is 1. The second-order valence-electron chi connectivity index (χ2n) is 6.49. The van der Waals surface area contributed by atoms with E-state index in [1.807, 2.05) is 20.8 Å². The van der Waals surface area contributed by atoms with Crippen LogP contribution in [0.5, 0.6) is 0 Å². The number of carbonyl (C=O) groups excluding carboxylic acids is 2. The molecule has 2 saturated heterocycles. The van der Waals surface area contributed by atoms with Crippen molar-refractivity contribution in [2.45, 2.75) is 51.7 Å². The van der Waals surface area contributed by atoms with Gasteiger partial charge in [0.05, 0.1) is 13.0 Å². The number of fused-ring (bicyclic) bond motifs is 3. The van der Waals surface area contributed by atoms with Gasteiger partial charge in [-0.25, -0.2) is 4.79 Å². The number of carbonyl (C=O) groups is 2. The summed E-state index contributed by atoms with van der Waals surface area (Å²) in [5.74, 6) is 0.0194. The van der Waals surface area contributed by atoms with Crippen LogP contribution >= 0.6 is 0 Å². The normalized spacial score (nSPS) is 30.1. The van der Waals surface area contributed by atoms with Crippen molar-refractivity contribution in [2.24, 2.45) is 11.8 Å². The summed E-state index contributed by atoms with van der Waals surface area (Å²) in [4.78, 5) is 25.6. The summed E-state index contributed by atoms with van der Waals surface area (Å²) in [7, 11) is 1.43. The number of piperidine rings is 2. The fraction of sp³-hybridized carbons (Fsp3) is 0.857. The van der Waals surface area contributed by atoms with Gasteiger partial charge in [0.25, 0.3) is 0 Å². The molecule has 0 aromatic heterocycles. The third kappa shape index (κ3) is 3.01. The fourth-order valence-electron chi connectivity index (χ4n) is 3.10. The second-order valence-corrected chi connectivity index (χ2v) is 6.49. The Labute approximate surface area is 114 Å². The topological polar surface area (TPSA) is 55.8 Å². The van der Waals surface area contributed by atoms with Crippen molar-refractivity contribution in [1.82, 2.24) is 4.90 Å². The first-order valence-corrected chi connectivity index (χ1v) is 6.89. The molecule has 0 aromatic carbocycles. The maximum Gasteiger partial charge on any atom is 0.410 e. The first kappa shape index (κ1) is 14.2. The summed E-state index contributed by atoms with van der Waals surface area (Å²) >= 11 is 0. The molecule has 3 atom stereocenters. The molecule has 0 radical (unpaired) electrons. The molecule has 2 bridgehead atoms. The molecule has 5 nitrogen and oxygen atoms in total. The lowest BCUT2D eigenvalue weighted by atomic mass is 9.72. The van der Waals surface area contributed by atoms with E-state index < -0.39 is 5.60 Å². The minimum Gasteiger partial charge on any atom is -0.469 e. The number of esters is 1. The van der Waals surface area contributed by atoms with Gasteiger partial charge in [0.1, 0.15) is 5.60 Å². The number of nitrogens with zero attached hydrogens (tertiary/aromatic N) is 1. The van der Waals surface area contributed by atoms with E-state index in [1.165, 1.54) is 7.11 Å². The van der Waals surface area contributed by atoms with Gasteiger partial charge in [-0.3, -0.25) is 4.79 Å². The molecular weight excluding hydrogens is 246 g/mol. The molecule has 3 rings (SSSR count). The number of ether oxygens (including phenoxy) is 2. The van der Waals surface area contributed by atoms with Gasteiger partial charge in [0.15, 0.2) is 0 Å². The Kier molecular flexibility index (Phi) is 3.74. The summed E-state index contributed by atoms with van der Waals surface area (Å²) in [6.45, 7) is 6.21. The molecule has 3 fully saturated rings. The van der Waals surface area contributed by atoms with Gasteiger partial charge in [-0.05, 0) is 46.0 Å². The Hall–Kier alpha value is -1.26. The fourth-order valence-corrected chi connectivity index (χ4v) is 3.10. The Morgan fingerprint density at radius 3 is 2.37 bits per heavy atom. The third-order valence-electron chi connectivity index (χ3n) is 3.97. The molecule has 1 saturated carbocycles. The van der Waals surface area contributed by atoms with E-state index in [0.717, 1.165) is 12.8 Å². The van der Waals surface area contributed by atoms with Crippen LogP contribution in [-0.2, 0) is 14.3 Å². The predicted molar refractivity (Wildman–Crippen MR) is 69.6 cm³/mol. The van der Waals surface area contributed by atoms with Crippen LogP contribution < -0.4 is 0 Å². The van der Waals surface area contributed by atoms with Crippen LogP contribution in [0, 0.1) is 11.8 Å². The Bertz CT molecular complexity index is 374. The van der Waals surface area contributed by atoms with Gasteiger partial charge in [-0.15, -0.1) is 0 Å². The quantitative estimate of drug-likeness (QED) is 0.685. The first-order valence-electron chi connectivity index (χ1n) is 6.89. The SMILES string of the molecule is COC(=O)C1C[C@@H]2CC[C@H]1CN2C(=O)OC(C)(C)C. The lowest BCUT2D eigenvalue weighted by Gasteiger charge is -2.48. The summed E-state index contributed by atoms with van der Waals surface area (Å²) in [6.07, 6.45) is 2.39. The number of rotatable bonds is 1. The highest BCUT2D eigenvalue weighted by Crippen LogP contribution is 2.40. The van der Waals surface area contributed by atoms with Crippen LogP contribution in [0.3, 0.4) is 0 Å². The zero-order valence-electron chi connectivity index (χ0n) is 12.1. The molecule has 2 heterocycles. The van der Waals surface area contributed by atoms with Gasteiger partial charge in [0.2, 0.25) is 0 Å². The smallest absolute Gasteiger partial charge is 0.410 e. The molecule has 0 aromatic rings. The largest absolute Gasteiger partial charge is 0.469 e. The molecule has 108 valence electrons. The van der Waals surface area contributed by atoms with Gasteiger partial charge in [-0.2, -0.15) is 0 Å². The Morgan fingerprint density at radius 2 is 1.89 bits per heavy atom. The van der Waals surface area contributed by atoms with E-state index in [9.17, 15) is 9.59 Å². The maximum atomic E-state index is 12.1. The average Bonchev–Trinajstić information content (AvgIpc) is 2.36. The number of amides is 1. The van der Waals surface area contributed by atoms with Crippen LogP contribution in [-0.4, -0.2) is 42.3 Å². The van der Waals surface area contributed by atoms with Crippen molar-refractivity contribution in [3.63, 3.8) is 0 Å². The van der Waals surface area contributed by atoms with Crippen molar-refractivity contribution in [1.29, 1.82) is 0 Å². The maximum absolute atomic E-state index is 12.1. The van der Waals surface area contributed by atoms with Crippen molar-refractivity contribution in [3.05, 3.63) is 0 Å². The van der Waals surface area contributed by atoms with Gasteiger partial charge in [0, 0.05) is 12.6 Å². The van der Waals surface area contributed by atoms with E-state index in [4.69, 9.17) is 9.47 Å². The molecule has 1 aliphatic carbocycles. The van der Waals surface area contributed by atoms with E-state index >= 15 is 0 Å². The first-order chi connectivity index (χ1) is 8.81. The summed E-state index contributed by atoms with van der Waals surface area (Å²) in [6, 6.07) is 0.115. The zero-order chi connectivity index (χ0) is 14.2. The standard InChI is InChI=1S/C14H23NO4/c1-14(2,3)19-13(17)15-8-9-5-6-10(15)7-11(9)12(16)18-4/h9-11H,5-8H2,1-4H3/t9-,10-,11?/m0/s1. The van der Waals surface area contributed by atoms with Gasteiger partial charge >= 0.3 is 12.1 Å². The van der Waals surface area contributed by atoms with Gasteiger partial charge in [-0.1, -0.05) is 0 Å². The van der Waals surface area contributed by atoms with Gasteiger partial charge < -0.3 is 14.4 Å². The van der Waals surface area contributed by atoms with Crippen molar-refractivity contribution in [2.75, 3.05) is 13.7 Å². The highest BCUT2D eigenvalue weighted by molar-refractivity contribution is 5.74. The van der Waals surface area contributed by atoms with Crippen molar-refractivity contribution < 1.29 is 19.1 Å². The Morgan fingerprint density at radius 1 is 1.21 bits per heavy atom.